The van der Waals surface area contributed by atoms with Gasteiger partial charge in [0.15, 0.2) is 0 Å². The Labute approximate surface area is 145 Å². The van der Waals surface area contributed by atoms with Gasteiger partial charge in [0, 0.05) is 51.0 Å². The van der Waals surface area contributed by atoms with Gasteiger partial charge in [-0.25, -0.2) is 0 Å². The van der Waals surface area contributed by atoms with Gasteiger partial charge in [-0.3, -0.25) is 9.69 Å². The average molecular weight is 330 g/mol. The van der Waals surface area contributed by atoms with Crippen LogP contribution in [0.5, 0.6) is 0 Å². The molecule has 5 heteroatoms. The van der Waals surface area contributed by atoms with E-state index in [9.17, 15) is 4.79 Å². The molecule has 2 saturated heterocycles. The second-order valence-electron chi connectivity index (χ2n) is 7.32. The molecule has 132 valence electrons. The molecule has 5 nitrogen and oxygen atoms in total. The second-order valence-corrected chi connectivity index (χ2v) is 7.32. The Morgan fingerprint density at radius 2 is 1.96 bits per heavy atom. The van der Waals surface area contributed by atoms with Crippen molar-refractivity contribution in [1.29, 1.82) is 0 Å². The standard InChI is InChI=1S/C19H30N4O/c1-16-13-21(2)10-11-22(16)15-19(24)20-12-17-8-9-23(14-17)18-6-4-3-5-7-18/h3-7,16-17H,8-15H2,1-2H3,(H,20,24)/t16-,17-/m0/s1. The Bertz CT molecular complexity index is 535. The van der Waals surface area contributed by atoms with Crippen molar-refractivity contribution in [2.45, 2.75) is 19.4 Å². The van der Waals surface area contributed by atoms with Crippen molar-refractivity contribution in [3.63, 3.8) is 0 Å². The summed E-state index contributed by atoms with van der Waals surface area (Å²) in [7, 11) is 2.15. The number of carbonyl (C=O) groups excluding carboxylic acids is 1. The lowest BCUT2D eigenvalue weighted by Gasteiger charge is -2.37. The van der Waals surface area contributed by atoms with E-state index < -0.39 is 0 Å². The number of hydrogen-bond acceptors (Lipinski definition) is 4. The second kappa shape index (κ2) is 7.99. The zero-order valence-corrected chi connectivity index (χ0v) is 14.9. The van der Waals surface area contributed by atoms with Crippen LogP contribution in [0.4, 0.5) is 5.69 Å². The third kappa shape index (κ3) is 4.48. The molecular weight excluding hydrogens is 300 g/mol. The molecule has 24 heavy (non-hydrogen) atoms. The number of rotatable bonds is 5. The predicted molar refractivity (Wildman–Crippen MR) is 98.3 cm³/mol. The van der Waals surface area contributed by atoms with E-state index in [1.165, 1.54) is 5.69 Å². The number of nitrogens with one attached hydrogen (secondary N) is 1. The first kappa shape index (κ1) is 17.2. The minimum Gasteiger partial charge on any atom is -0.371 e. The Morgan fingerprint density at radius 3 is 2.71 bits per heavy atom. The third-order valence-electron chi connectivity index (χ3n) is 5.31. The molecule has 0 aliphatic carbocycles. The van der Waals surface area contributed by atoms with E-state index in [-0.39, 0.29) is 5.91 Å². The molecule has 0 unspecified atom stereocenters. The van der Waals surface area contributed by atoms with E-state index in [0.717, 1.165) is 45.7 Å². The highest BCUT2D eigenvalue weighted by Crippen LogP contribution is 2.22. The highest BCUT2D eigenvalue weighted by molar-refractivity contribution is 5.78. The minimum atomic E-state index is 0.171. The Morgan fingerprint density at radius 1 is 1.17 bits per heavy atom. The SMILES string of the molecule is C[C@H]1CN(C)CCN1CC(=O)NC[C@@H]1CCN(c2ccccc2)C1. The molecule has 0 saturated carbocycles. The third-order valence-corrected chi connectivity index (χ3v) is 5.31. The molecule has 1 aromatic carbocycles. The average Bonchev–Trinajstić information content (AvgIpc) is 3.05. The molecule has 2 fully saturated rings. The summed E-state index contributed by atoms with van der Waals surface area (Å²) >= 11 is 0. The van der Waals surface area contributed by atoms with Crippen LogP contribution < -0.4 is 10.2 Å². The van der Waals surface area contributed by atoms with Gasteiger partial charge in [-0.1, -0.05) is 18.2 Å². The highest BCUT2D eigenvalue weighted by atomic mass is 16.2. The van der Waals surface area contributed by atoms with Gasteiger partial charge in [-0.05, 0) is 38.4 Å². The monoisotopic (exact) mass is 330 g/mol. The van der Waals surface area contributed by atoms with E-state index in [4.69, 9.17) is 0 Å². The van der Waals surface area contributed by atoms with Gasteiger partial charge in [0.25, 0.3) is 0 Å². The quantitative estimate of drug-likeness (QED) is 0.882. The minimum absolute atomic E-state index is 0.171. The molecule has 2 aliphatic heterocycles. The van der Waals surface area contributed by atoms with E-state index in [0.29, 0.717) is 18.5 Å². The van der Waals surface area contributed by atoms with Crippen LogP contribution in [0.15, 0.2) is 30.3 Å². The Hall–Kier alpha value is -1.59. The van der Waals surface area contributed by atoms with Crippen molar-refractivity contribution in [3.05, 3.63) is 30.3 Å². The molecule has 3 rings (SSSR count). The number of nitrogens with zero attached hydrogens (tertiary/aromatic N) is 3. The number of likely N-dealkylation sites (N-methyl/N-ethyl adjacent to an activating group) is 1. The maximum absolute atomic E-state index is 12.3. The number of anilines is 1. The maximum atomic E-state index is 12.3. The molecule has 0 radical (unpaired) electrons. The summed E-state index contributed by atoms with van der Waals surface area (Å²) < 4.78 is 0. The fraction of sp³-hybridized carbons (Fsp3) is 0.632. The van der Waals surface area contributed by atoms with E-state index >= 15 is 0 Å². The van der Waals surface area contributed by atoms with Gasteiger partial charge < -0.3 is 15.1 Å². The van der Waals surface area contributed by atoms with Crippen LogP contribution >= 0.6 is 0 Å². The molecule has 0 spiro atoms. The van der Waals surface area contributed by atoms with Gasteiger partial charge in [0.2, 0.25) is 5.91 Å². The lowest BCUT2D eigenvalue weighted by Crippen LogP contribution is -2.53. The maximum Gasteiger partial charge on any atom is 0.234 e. The van der Waals surface area contributed by atoms with Gasteiger partial charge >= 0.3 is 0 Å². The lowest BCUT2D eigenvalue weighted by molar-refractivity contribution is -0.123. The topological polar surface area (TPSA) is 38.8 Å². The molecule has 2 atom stereocenters. The van der Waals surface area contributed by atoms with Crippen molar-refractivity contribution < 1.29 is 4.79 Å². The van der Waals surface area contributed by atoms with Gasteiger partial charge in [-0.2, -0.15) is 0 Å². The van der Waals surface area contributed by atoms with E-state index in [2.05, 4.69) is 64.3 Å². The van der Waals surface area contributed by atoms with Crippen LogP contribution in [0.3, 0.4) is 0 Å². The van der Waals surface area contributed by atoms with Gasteiger partial charge in [0.1, 0.15) is 0 Å². The fourth-order valence-corrected chi connectivity index (χ4v) is 3.78. The molecule has 2 aliphatic rings. The zero-order chi connectivity index (χ0) is 16.9. The summed E-state index contributed by atoms with van der Waals surface area (Å²) in [5, 5.41) is 3.15. The van der Waals surface area contributed by atoms with Crippen molar-refractivity contribution in [2.24, 2.45) is 5.92 Å². The number of para-hydroxylation sites is 1. The Balaban J connectivity index is 1.39. The van der Waals surface area contributed by atoms with Crippen LogP contribution in [0.25, 0.3) is 0 Å². The predicted octanol–water partition coefficient (Wildman–Crippen LogP) is 1.27. The molecule has 2 heterocycles. The van der Waals surface area contributed by atoms with E-state index in [1.54, 1.807) is 0 Å². The summed E-state index contributed by atoms with van der Waals surface area (Å²) in [6.45, 7) is 8.73. The van der Waals surface area contributed by atoms with Crippen LogP contribution in [-0.4, -0.2) is 74.6 Å². The summed E-state index contributed by atoms with van der Waals surface area (Å²) in [4.78, 5) is 19.3. The van der Waals surface area contributed by atoms with Crippen molar-refractivity contribution >= 4 is 11.6 Å². The normalized spacial score (nSPS) is 25.8. The molecular formula is C19H30N4O. The first-order valence-corrected chi connectivity index (χ1v) is 9.11. The fourth-order valence-electron chi connectivity index (χ4n) is 3.78. The number of benzene rings is 1. The zero-order valence-electron chi connectivity index (χ0n) is 14.9. The van der Waals surface area contributed by atoms with Crippen LogP contribution in [0.2, 0.25) is 0 Å². The molecule has 0 aromatic heterocycles. The number of amides is 1. The van der Waals surface area contributed by atoms with Crippen molar-refractivity contribution in [1.82, 2.24) is 15.1 Å². The number of hydrogen-bond donors (Lipinski definition) is 1. The molecule has 0 bridgehead atoms. The van der Waals surface area contributed by atoms with Gasteiger partial charge in [-0.15, -0.1) is 0 Å². The lowest BCUT2D eigenvalue weighted by atomic mass is 10.1. The smallest absolute Gasteiger partial charge is 0.234 e. The van der Waals surface area contributed by atoms with Crippen LogP contribution in [0.1, 0.15) is 13.3 Å². The Kier molecular flexibility index (Phi) is 5.74. The van der Waals surface area contributed by atoms with Crippen LogP contribution in [-0.2, 0) is 4.79 Å². The summed E-state index contributed by atoms with van der Waals surface area (Å²) in [6.07, 6.45) is 1.15. The van der Waals surface area contributed by atoms with Crippen molar-refractivity contribution in [2.75, 3.05) is 57.8 Å². The first-order chi connectivity index (χ1) is 11.6. The van der Waals surface area contributed by atoms with Crippen LogP contribution in [0, 0.1) is 5.92 Å². The number of carbonyl (C=O) groups is 1. The van der Waals surface area contributed by atoms with Gasteiger partial charge in [0.05, 0.1) is 6.54 Å². The van der Waals surface area contributed by atoms with Crippen molar-refractivity contribution in [3.8, 4) is 0 Å². The molecule has 1 amide bonds. The number of piperazine rings is 1. The summed E-state index contributed by atoms with van der Waals surface area (Å²) in [5.74, 6) is 0.726. The largest absolute Gasteiger partial charge is 0.371 e. The molecule has 1 aromatic rings. The summed E-state index contributed by atoms with van der Waals surface area (Å²) in [6, 6.07) is 11.0. The van der Waals surface area contributed by atoms with E-state index in [1.807, 2.05) is 0 Å². The highest BCUT2D eigenvalue weighted by Gasteiger charge is 2.25. The summed E-state index contributed by atoms with van der Waals surface area (Å²) in [5.41, 5.74) is 1.29. The molecule has 1 N–H and O–H groups in total. The first-order valence-electron chi connectivity index (χ1n) is 9.11.